The third kappa shape index (κ3) is 6.50. The van der Waals surface area contributed by atoms with E-state index >= 15 is 0 Å². The van der Waals surface area contributed by atoms with Crippen LogP contribution in [0.25, 0.3) is 11.1 Å². The van der Waals surface area contributed by atoms with E-state index in [9.17, 15) is 14.7 Å². The lowest BCUT2D eigenvalue weighted by molar-refractivity contribution is -0.118. The summed E-state index contributed by atoms with van der Waals surface area (Å²) in [5.41, 5.74) is 6.76. The Kier molecular flexibility index (Phi) is 9.25. The number of rotatable bonds is 9. The molecule has 0 unspecified atom stereocenters. The van der Waals surface area contributed by atoms with Gasteiger partial charge in [-0.05, 0) is 66.1 Å². The lowest BCUT2D eigenvalue weighted by Crippen LogP contribution is -2.41. The van der Waals surface area contributed by atoms with Gasteiger partial charge < -0.3 is 14.7 Å². The minimum absolute atomic E-state index is 0.0139. The normalized spacial score (nSPS) is 13.1. The number of hydrogen-bond donors (Lipinski definition) is 2. The first-order valence-corrected chi connectivity index (χ1v) is 14.8. The third-order valence-corrected chi connectivity index (χ3v) is 8.41. The number of piperidine rings is 1. The maximum atomic E-state index is 13.6. The number of carboxylic acid groups (broad SMARTS) is 1. The zero-order valence-electron chi connectivity index (χ0n) is 23.6. The number of nitrogens with zero attached hydrogens (tertiary/aromatic N) is 2. The zero-order valence-corrected chi connectivity index (χ0v) is 25.1. The molecule has 3 N–H and O–H groups in total. The van der Waals surface area contributed by atoms with E-state index < -0.39 is 5.97 Å². The molecular weight excluding hydrogens is 594 g/mol. The lowest BCUT2D eigenvalue weighted by atomic mass is 9.97. The number of methoxy groups -OCH3 is 1. The Morgan fingerprint density at radius 1 is 0.929 bits per heavy atom. The molecule has 0 bridgehead atoms. The molecule has 1 saturated heterocycles. The number of amides is 1. The summed E-state index contributed by atoms with van der Waals surface area (Å²) in [7, 11) is 1.40. The van der Waals surface area contributed by atoms with Gasteiger partial charge in [-0.3, -0.25) is 4.79 Å². The second-order valence-electron chi connectivity index (χ2n) is 10.5. The number of hydrogen-bond acceptors (Lipinski definition) is 5. The number of halogens is 1. The fraction of sp³-hybridized carbons (Fsp3) is 0.235. The molecule has 7 nitrogen and oxygen atoms in total. The first-order chi connectivity index (χ1) is 20.4. The molecule has 0 spiro atoms. The quantitative estimate of drug-likeness (QED) is 0.120. The highest BCUT2D eigenvalue weighted by molar-refractivity contribution is 9.10. The van der Waals surface area contributed by atoms with Crippen molar-refractivity contribution in [2.75, 3.05) is 30.1 Å². The van der Waals surface area contributed by atoms with E-state index in [1.807, 2.05) is 18.2 Å². The number of nitrogens with two attached hydrogens (primary N) is 1. The Morgan fingerprint density at radius 3 is 2.29 bits per heavy atom. The summed E-state index contributed by atoms with van der Waals surface area (Å²) in [5.74, 6) is 5.32. The highest BCUT2D eigenvalue weighted by Gasteiger charge is 2.25. The van der Waals surface area contributed by atoms with Crippen LogP contribution in [0.15, 0.2) is 89.4 Å². The number of para-hydroxylation sites is 1. The Hall–Kier alpha value is -4.14. The molecule has 1 fully saturated rings. The maximum Gasteiger partial charge on any atom is 0.339 e. The van der Waals surface area contributed by atoms with Gasteiger partial charge in [0.05, 0.1) is 24.9 Å². The van der Waals surface area contributed by atoms with Gasteiger partial charge in [-0.15, -0.1) is 0 Å². The Bertz CT molecular complexity index is 1570. The minimum atomic E-state index is -1.11. The zero-order chi connectivity index (χ0) is 29.6. The predicted molar refractivity (Wildman–Crippen MR) is 170 cm³/mol. The summed E-state index contributed by atoms with van der Waals surface area (Å²) in [4.78, 5) is 27.5. The van der Waals surface area contributed by atoms with E-state index in [1.54, 1.807) is 6.07 Å². The molecule has 0 saturated carbocycles. The number of hydrazine groups is 1. The Morgan fingerprint density at radius 2 is 1.62 bits per heavy atom. The molecule has 1 heterocycles. The van der Waals surface area contributed by atoms with Crippen LogP contribution in [0.5, 0.6) is 5.75 Å². The predicted octanol–water partition coefficient (Wildman–Crippen LogP) is 6.85. The number of ether oxygens (including phenoxy) is 1. The third-order valence-electron chi connectivity index (χ3n) is 7.67. The first-order valence-electron chi connectivity index (χ1n) is 14.0. The van der Waals surface area contributed by atoms with E-state index in [0.29, 0.717) is 15.7 Å². The number of benzene rings is 4. The van der Waals surface area contributed by atoms with Gasteiger partial charge in [0.15, 0.2) is 0 Å². The average molecular weight is 629 g/mol. The summed E-state index contributed by atoms with van der Waals surface area (Å²) in [6.45, 7) is 1.77. The Balaban J connectivity index is 1.47. The van der Waals surface area contributed by atoms with E-state index in [-0.39, 0.29) is 23.6 Å². The number of carbonyl (C=O) groups is 2. The topological polar surface area (TPSA) is 96.1 Å². The smallest absolute Gasteiger partial charge is 0.339 e. The van der Waals surface area contributed by atoms with E-state index in [0.717, 1.165) is 49.2 Å². The highest BCUT2D eigenvalue weighted by atomic mass is 79.9. The molecule has 0 aromatic heterocycles. The van der Waals surface area contributed by atoms with Crippen LogP contribution in [0.4, 0.5) is 11.4 Å². The molecule has 8 heteroatoms. The van der Waals surface area contributed by atoms with Crippen LogP contribution in [-0.2, 0) is 17.6 Å². The van der Waals surface area contributed by atoms with Crippen LogP contribution in [-0.4, -0.2) is 37.2 Å². The molecule has 5 rings (SSSR count). The van der Waals surface area contributed by atoms with Crippen LogP contribution in [0.3, 0.4) is 0 Å². The van der Waals surface area contributed by atoms with Crippen LogP contribution < -0.4 is 20.5 Å². The number of aromatic carboxylic acids is 1. The van der Waals surface area contributed by atoms with E-state index in [1.165, 1.54) is 35.7 Å². The lowest BCUT2D eigenvalue weighted by Gasteiger charge is -2.34. The van der Waals surface area contributed by atoms with Crippen LogP contribution in [0.2, 0.25) is 0 Å². The van der Waals surface area contributed by atoms with Crippen molar-refractivity contribution in [3.05, 3.63) is 112 Å². The van der Waals surface area contributed by atoms with Crippen molar-refractivity contribution in [3.8, 4) is 16.9 Å². The van der Waals surface area contributed by atoms with Crippen LogP contribution in [0.1, 0.15) is 46.3 Å². The Labute approximate surface area is 254 Å². The molecular formula is C34H34BrN3O4. The minimum Gasteiger partial charge on any atom is -0.496 e. The molecule has 1 aliphatic heterocycles. The average Bonchev–Trinajstić information content (AvgIpc) is 3.02. The molecule has 0 radical (unpaired) electrons. The van der Waals surface area contributed by atoms with Crippen molar-refractivity contribution in [2.24, 2.45) is 5.84 Å². The monoisotopic (exact) mass is 627 g/mol. The fourth-order valence-corrected chi connectivity index (χ4v) is 5.98. The SMILES string of the molecule is COc1cc(CC(=O)N(N)c2cccc(-c3ccc(Cc4ccccc4)cc3)c2N2CCCCC2)c(Br)cc1C(=O)O. The molecule has 4 aromatic rings. The van der Waals surface area contributed by atoms with E-state index in [2.05, 4.69) is 75.4 Å². The van der Waals surface area contributed by atoms with Gasteiger partial charge in [0.2, 0.25) is 5.91 Å². The summed E-state index contributed by atoms with van der Waals surface area (Å²) in [6.07, 6.45) is 4.15. The first kappa shape index (κ1) is 29.4. The molecule has 0 atom stereocenters. The number of anilines is 2. The molecule has 0 aliphatic carbocycles. The van der Waals surface area contributed by atoms with Gasteiger partial charge in [-0.2, -0.15) is 0 Å². The fourth-order valence-electron chi connectivity index (χ4n) is 5.49. The highest BCUT2D eigenvalue weighted by Crippen LogP contribution is 2.40. The van der Waals surface area contributed by atoms with Crippen molar-refractivity contribution in [3.63, 3.8) is 0 Å². The van der Waals surface area contributed by atoms with Gasteiger partial charge in [-0.1, -0.05) is 82.7 Å². The maximum absolute atomic E-state index is 13.6. The molecule has 1 amide bonds. The second kappa shape index (κ2) is 13.2. The van der Waals surface area contributed by atoms with Crippen molar-refractivity contribution in [1.82, 2.24) is 0 Å². The van der Waals surface area contributed by atoms with Crippen LogP contribution >= 0.6 is 15.9 Å². The van der Waals surface area contributed by atoms with Crippen LogP contribution in [0, 0.1) is 0 Å². The van der Waals surface area contributed by atoms with Crippen molar-refractivity contribution in [2.45, 2.75) is 32.1 Å². The number of carboxylic acids is 1. The number of carbonyl (C=O) groups excluding carboxylic acids is 1. The van der Waals surface area contributed by atoms with E-state index in [4.69, 9.17) is 10.6 Å². The van der Waals surface area contributed by atoms with Crippen molar-refractivity contribution >= 4 is 39.2 Å². The van der Waals surface area contributed by atoms with Gasteiger partial charge in [0, 0.05) is 23.1 Å². The van der Waals surface area contributed by atoms with Crippen molar-refractivity contribution in [1.29, 1.82) is 0 Å². The summed E-state index contributed by atoms with van der Waals surface area (Å²) >= 11 is 3.42. The van der Waals surface area contributed by atoms with Gasteiger partial charge in [-0.25, -0.2) is 15.6 Å². The summed E-state index contributed by atoms with van der Waals surface area (Å²) in [5, 5.41) is 10.7. The summed E-state index contributed by atoms with van der Waals surface area (Å²) < 4.78 is 5.77. The summed E-state index contributed by atoms with van der Waals surface area (Å²) in [6, 6.07) is 27.9. The van der Waals surface area contributed by atoms with Gasteiger partial charge in [0.25, 0.3) is 0 Å². The molecule has 42 heavy (non-hydrogen) atoms. The van der Waals surface area contributed by atoms with Gasteiger partial charge >= 0.3 is 5.97 Å². The molecule has 216 valence electrons. The van der Waals surface area contributed by atoms with Gasteiger partial charge in [0.1, 0.15) is 11.3 Å². The van der Waals surface area contributed by atoms with Crippen molar-refractivity contribution < 1.29 is 19.4 Å². The molecule has 4 aromatic carbocycles. The largest absolute Gasteiger partial charge is 0.496 e. The second-order valence-corrected chi connectivity index (χ2v) is 11.3. The molecule has 1 aliphatic rings. The standard InChI is InChI=1S/C34H34BrN3O4/c1-42-31-20-26(29(35)22-28(31)34(40)41)21-32(39)38(36)30-12-8-11-27(33(30)37-17-6-3-7-18-37)25-15-13-24(14-16-25)19-23-9-4-2-5-10-23/h2,4-5,8-16,20,22H,3,6-7,17-19,21,36H2,1H3,(H,40,41).